The Morgan fingerprint density at radius 3 is 2.60 bits per heavy atom. The lowest BCUT2D eigenvalue weighted by Crippen LogP contribution is -2.33. The molecule has 2 aromatic rings. The summed E-state index contributed by atoms with van der Waals surface area (Å²) in [6.45, 7) is 6.01. The van der Waals surface area contributed by atoms with Crippen LogP contribution >= 0.6 is 0 Å². The Hall–Kier alpha value is -2.90. The minimum absolute atomic E-state index is 0.279. The van der Waals surface area contributed by atoms with Crippen LogP contribution in [0.4, 0.5) is 20.7 Å². The van der Waals surface area contributed by atoms with Crippen molar-refractivity contribution < 1.29 is 18.7 Å². The van der Waals surface area contributed by atoms with E-state index in [-0.39, 0.29) is 6.54 Å². The Morgan fingerprint density at radius 1 is 1.32 bits per heavy atom. The van der Waals surface area contributed by atoms with Crippen LogP contribution in [-0.2, 0) is 22.6 Å². The molecule has 1 aliphatic rings. The van der Waals surface area contributed by atoms with Crippen molar-refractivity contribution in [3.8, 4) is 0 Å². The highest BCUT2D eigenvalue weighted by molar-refractivity contribution is 5.86. The summed E-state index contributed by atoms with van der Waals surface area (Å²) in [5.41, 5.74) is 1.38. The maximum atomic E-state index is 13.1. The minimum atomic E-state index is -0.586. The van der Waals surface area contributed by atoms with Crippen LogP contribution < -0.4 is 4.90 Å². The Kier molecular flexibility index (Phi) is 4.20. The van der Waals surface area contributed by atoms with Gasteiger partial charge in [-0.15, -0.1) is 0 Å². The number of aromatic amines is 1. The molecule has 2 heterocycles. The Morgan fingerprint density at radius 2 is 2.00 bits per heavy atom. The molecule has 1 N–H and O–H groups in total. The van der Waals surface area contributed by atoms with Gasteiger partial charge in [0.15, 0.2) is 5.82 Å². The summed E-state index contributed by atoms with van der Waals surface area (Å²) in [5.74, 6) is 0.000577. The fourth-order valence-corrected chi connectivity index (χ4v) is 2.61. The van der Waals surface area contributed by atoms with Gasteiger partial charge in [-0.2, -0.15) is 5.10 Å². The van der Waals surface area contributed by atoms with Gasteiger partial charge in [-0.05, 0) is 45.0 Å². The van der Waals surface area contributed by atoms with Crippen molar-refractivity contribution >= 4 is 24.0 Å². The van der Waals surface area contributed by atoms with Crippen LogP contribution in [0.25, 0.3) is 0 Å². The van der Waals surface area contributed by atoms with Crippen LogP contribution in [0, 0.1) is 5.82 Å². The Balaban J connectivity index is 1.83. The molecule has 0 unspecified atom stereocenters. The number of benzene rings is 1. The van der Waals surface area contributed by atoms with Gasteiger partial charge in [0.25, 0.3) is 0 Å². The standard InChI is InChI=1S/C17H19FN4O3/c1-17(2,3)25-16(24)21-8-13-14(9-21)19-20-15(13)22(10-23)12-6-4-11(18)5-7-12/h4-7,10H,8-9H2,1-3H3,(H,19,20). The molecular weight excluding hydrogens is 327 g/mol. The zero-order valence-electron chi connectivity index (χ0n) is 14.2. The summed E-state index contributed by atoms with van der Waals surface area (Å²) in [6.07, 6.45) is 0.183. The number of carbonyl (C=O) groups excluding carboxylic acids is 2. The average molecular weight is 346 g/mol. The molecule has 1 aromatic heterocycles. The third kappa shape index (κ3) is 3.47. The van der Waals surface area contributed by atoms with Crippen LogP contribution in [0.5, 0.6) is 0 Å². The molecule has 0 bridgehead atoms. The molecule has 0 radical (unpaired) electrons. The number of H-pyrrole nitrogens is 1. The SMILES string of the molecule is CC(C)(C)OC(=O)N1Cc2[nH]nc(N(C=O)c3ccc(F)cc3)c2C1. The summed E-state index contributed by atoms with van der Waals surface area (Å²) in [4.78, 5) is 26.6. The van der Waals surface area contributed by atoms with Crippen molar-refractivity contribution in [2.24, 2.45) is 0 Å². The predicted octanol–water partition coefficient (Wildman–Crippen LogP) is 3.09. The molecule has 3 rings (SSSR count). The first-order chi connectivity index (χ1) is 11.8. The molecule has 7 nitrogen and oxygen atoms in total. The molecule has 2 amide bonds. The molecule has 0 aliphatic carbocycles. The van der Waals surface area contributed by atoms with Gasteiger partial charge >= 0.3 is 6.09 Å². The summed E-state index contributed by atoms with van der Waals surface area (Å²) < 4.78 is 18.5. The maximum Gasteiger partial charge on any atom is 0.410 e. The number of halogens is 1. The molecule has 8 heteroatoms. The van der Waals surface area contributed by atoms with E-state index >= 15 is 0 Å². The summed E-state index contributed by atoms with van der Waals surface area (Å²) >= 11 is 0. The monoisotopic (exact) mass is 346 g/mol. The molecule has 132 valence electrons. The zero-order chi connectivity index (χ0) is 18.2. The molecule has 0 spiro atoms. The van der Waals surface area contributed by atoms with E-state index < -0.39 is 17.5 Å². The predicted molar refractivity (Wildman–Crippen MR) is 88.7 cm³/mol. The molecule has 25 heavy (non-hydrogen) atoms. The van der Waals surface area contributed by atoms with E-state index in [9.17, 15) is 14.0 Å². The minimum Gasteiger partial charge on any atom is -0.444 e. The van der Waals surface area contributed by atoms with Gasteiger partial charge in [-0.25, -0.2) is 9.18 Å². The van der Waals surface area contributed by atoms with E-state index in [2.05, 4.69) is 10.2 Å². The summed E-state index contributed by atoms with van der Waals surface area (Å²) in [6, 6.07) is 5.52. The first-order valence-electron chi connectivity index (χ1n) is 7.82. The van der Waals surface area contributed by atoms with Crippen molar-refractivity contribution in [3.63, 3.8) is 0 Å². The topological polar surface area (TPSA) is 78.5 Å². The second kappa shape index (κ2) is 6.19. The van der Waals surface area contributed by atoms with Crippen LogP contribution in [0.1, 0.15) is 32.0 Å². The summed E-state index contributed by atoms with van der Waals surface area (Å²) in [5, 5.41) is 7.03. The molecule has 0 saturated heterocycles. The number of rotatable bonds is 3. The highest BCUT2D eigenvalue weighted by Crippen LogP contribution is 2.33. The molecule has 1 aliphatic heterocycles. The lowest BCUT2D eigenvalue weighted by atomic mass is 10.2. The number of nitrogens with one attached hydrogen (secondary N) is 1. The van der Waals surface area contributed by atoms with Gasteiger partial charge in [0.1, 0.15) is 11.4 Å². The Bertz CT molecular complexity index is 795. The van der Waals surface area contributed by atoms with Gasteiger partial charge in [-0.3, -0.25) is 19.7 Å². The second-order valence-corrected chi connectivity index (χ2v) is 6.79. The quantitative estimate of drug-likeness (QED) is 0.866. The second-order valence-electron chi connectivity index (χ2n) is 6.79. The summed E-state index contributed by atoms with van der Waals surface area (Å²) in [7, 11) is 0. The number of anilines is 2. The first kappa shape index (κ1) is 16.9. The van der Waals surface area contributed by atoms with Crippen LogP contribution in [0.2, 0.25) is 0 Å². The van der Waals surface area contributed by atoms with E-state index in [0.29, 0.717) is 24.5 Å². The number of amides is 2. The number of nitrogens with zero attached hydrogens (tertiary/aromatic N) is 3. The van der Waals surface area contributed by atoms with E-state index in [4.69, 9.17) is 4.74 Å². The molecule has 0 atom stereocenters. The van der Waals surface area contributed by atoms with Gasteiger partial charge in [0, 0.05) is 5.56 Å². The van der Waals surface area contributed by atoms with Gasteiger partial charge in [0.05, 0.1) is 24.5 Å². The van der Waals surface area contributed by atoms with Crippen LogP contribution in [-0.4, -0.2) is 33.2 Å². The zero-order valence-corrected chi connectivity index (χ0v) is 14.2. The number of fused-ring (bicyclic) bond motifs is 1. The van der Waals surface area contributed by atoms with E-state index in [0.717, 1.165) is 11.3 Å². The number of hydrogen-bond donors (Lipinski definition) is 1. The van der Waals surface area contributed by atoms with E-state index in [1.54, 1.807) is 20.8 Å². The molecule has 1 aromatic carbocycles. The third-order valence-electron chi connectivity index (χ3n) is 3.72. The van der Waals surface area contributed by atoms with E-state index in [1.807, 2.05) is 0 Å². The average Bonchev–Trinajstić information content (AvgIpc) is 3.10. The fourth-order valence-electron chi connectivity index (χ4n) is 2.61. The van der Waals surface area contributed by atoms with Crippen molar-refractivity contribution in [2.75, 3.05) is 4.90 Å². The molecule has 0 saturated carbocycles. The number of aromatic nitrogens is 2. The fraction of sp³-hybridized carbons (Fsp3) is 0.353. The third-order valence-corrected chi connectivity index (χ3v) is 3.72. The van der Waals surface area contributed by atoms with Gasteiger partial charge in [-0.1, -0.05) is 0 Å². The Labute approximate surface area is 144 Å². The van der Waals surface area contributed by atoms with Crippen molar-refractivity contribution in [1.82, 2.24) is 15.1 Å². The first-order valence-corrected chi connectivity index (χ1v) is 7.82. The highest BCUT2D eigenvalue weighted by atomic mass is 19.1. The molecular formula is C17H19FN4O3. The van der Waals surface area contributed by atoms with Gasteiger partial charge in [0.2, 0.25) is 6.41 Å². The number of ether oxygens (including phenoxy) is 1. The number of hydrogen-bond acceptors (Lipinski definition) is 4. The lowest BCUT2D eigenvalue weighted by molar-refractivity contribution is -0.106. The van der Waals surface area contributed by atoms with Crippen LogP contribution in [0.3, 0.4) is 0 Å². The molecule has 0 fully saturated rings. The lowest BCUT2D eigenvalue weighted by Gasteiger charge is -2.24. The smallest absolute Gasteiger partial charge is 0.410 e. The largest absolute Gasteiger partial charge is 0.444 e. The van der Waals surface area contributed by atoms with Crippen molar-refractivity contribution in [1.29, 1.82) is 0 Å². The van der Waals surface area contributed by atoms with E-state index in [1.165, 1.54) is 34.1 Å². The van der Waals surface area contributed by atoms with Gasteiger partial charge < -0.3 is 4.74 Å². The normalized spacial score (nSPS) is 13.5. The van der Waals surface area contributed by atoms with Crippen molar-refractivity contribution in [3.05, 3.63) is 41.3 Å². The van der Waals surface area contributed by atoms with Crippen LogP contribution in [0.15, 0.2) is 24.3 Å². The maximum absolute atomic E-state index is 13.1. The highest BCUT2D eigenvalue weighted by Gasteiger charge is 2.32. The van der Waals surface area contributed by atoms with Crippen molar-refractivity contribution in [2.45, 2.75) is 39.5 Å². The number of carbonyl (C=O) groups is 2.